The van der Waals surface area contributed by atoms with Crippen molar-refractivity contribution in [2.75, 3.05) is 5.32 Å². The Labute approximate surface area is 125 Å². The Morgan fingerprint density at radius 2 is 2.00 bits per heavy atom. The van der Waals surface area contributed by atoms with Crippen molar-refractivity contribution in [1.29, 1.82) is 0 Å². The van der Waals surface area contributed by atoms with E-state index in [1.165, 1.54) is 0 Å². The molecule has 0 spiro atoms. The quantitative estimate of drug-likeness (QED) is 0.733. The van der Waals surface area contributed by atoms with E-state index in [0.717, 1.165) is 16.6 Å². The van der Waals surface area contributed by atoms with E-state index in [9.17, 15) is 0 Å². The zero-order valence-corrected chi connectivity index (χ0v) is 12.4. The van der Waals surface area contributed by atoms with Gasteiger partial charge in [-0.1, -0.05) is 11.6 Å². The number of nitrogens with one attached hydrogen (secondary N) is 1. The fourth-order valence-corrected chi connectivity index (χ4v) is 2.38. The molecule has 5 nitrogen and oxygen atoms in total. The van der Waals surface area contributed by atoms with Crippen LogP contribution in [0.1, 0.15) is 5.56 Å². The highest BCUT2D eigenvalue weighted by atomic mass is 35.5. The lowest BCUT2D eigenvalue weighted by molar-refractivity contribution is 0.785. The van der Waals surface area contributed by atoms with E-state index in [1.807, 2.05) is 32.2 Å². The van der Waals surface area contributed by atoms with Gasteiger partial charge in [-0.2, -0.15) is 15.1 Å². The molecule has 3 aromatic rings. The first kappa shape index (κ1) is 13.1. The molecule has 0 aliphatic heterocycles. The molecule has 0 amide bonds. The molecule has 0 bridgehead atoms. The molecule has 2 heterocycles. The third kappa shape index (κ3) is 2.30. The standard InChI is InChI=1S/C13H11Cl2N5/c1-7-5-8(14)3-4-10(7)17-11-9-6-16-20(2)12(9)19-13(15)18-11/h3-6H,1-2H3,(H,17,18,19). The molecule has 0 atom stereocenters. The lowest BCUT2D eigenvalue weighted by Gasteiger charge is -2.10. The van der Waals surface area contributed by atoms with Crippen LogP contribution in [0.4, 0.5) is 11.5 Å². The second-order valence-corrected chi connectivity index (χ2v) is 5.21. The van der Waals surface area contributed by atoms with Gasteiger partial charge in [-0.15, -0.1) is 0 Å². The first-order chi connectivity index (χ1) is 9.54. The molecule has 0 unspecified atom stereocenters. The number of anilines is 2. The van der Waals surface area contributed by atoms with Crippen molar-refractivity contribution in [1.82, 2.24) is 19.7 Å². The molecule has 102 valence electrons. The van der Waals surface area contributed by atoms with E-state index in [0.29, 0.717) is 16.5 Å². The number of hydrogen-bond acceptors (Lipinski definition) is 4. The van der Waals surface area contributed by atoms with Crippen LogP contribution in [0.25, 0.3) is 11.0 Å². The van der Waals surface area contributed by atoms with Gasteiger partial charge in [0.15, 0.2) is 5.65 Å². The minimum Gasteiger partial charge on any atom is -0.339 e. The van der Waals surface area contributed by atoms with Gasteiger partial charge in [0.05, 0.1) is 11.6 Å². The molecule has 0 aliphatic rings. The van der Waals surface area contributed by atoms with Gasteiger partial charge >= 0.3 is 0 Å². The fraction of sp³-hybridized carbons (Fsp3) is 0.154. The minimum atomic E-state index is 0.176. The van der Waals surface area contributed by atoms with E-state index in [1.54, 1.807) is 10.9 Å². The summed E-state index contributed by atoms with van der Waals surface area (Å²) in [4.78, 5) is 8.40. The minimum absolute atomic E-state index is 0.176. The zero-order valence-electron chi connectivity index (χ0n) is 10.9. The maximum atomic E-state index is 5.96. The highest BCUT2D eigenvalue weighted by Gasteiger charge is 2.11. The molecule has 7 heteroatoms. The molecule has 1 N–H and O–H groups in total. The van der Waals surface area contributed by atoms with Gasteiger partial charge < -0.3 is 5.32 Å². The number of halogens is 2. The first-order valence-corrected chi connectivity index (χ1v) is 6.68. The summed E-state index contributed by atoms with van der Waals surface area (Å²) >= 11 is 11.9. The Morgan fingerprint density at radius 3 is 2.75 bits per heavy atom. The number of aromatic nitrogens is 4. The highest BCUT2D eigenvalue weighted by Crippen LogP contribution is 2.27. The Morgan fingerprint density at radius 1 is 1.20 bits per heavy atom. The maximum Gasteiger partial charge on any atom is 0.226 e. The van der Waals surface area contributed by atoms with Crippen LogP contribution in [-0.2, 0) is 7.05 Å². The maximum absolute atomic E-state index is 5.96. The summed E-state index contributed by atoms with van der Waals surface area (Å²) in [6.07, 6.45) is 1.71. The third-order valence-corrected chi connectivity index (χ3v) is 3.41. The van der Waals surface area contributed by atoms with Crippen molar-refractivity contribution in [2.24, 2.45) is 7.05 Å². The third-order valence-electron chi connectivity index (χ3n) is 3.01. The van der Waals surface area contributed by atoms with Crippen LogP contribution in [0.2, 0.25) is 10.3 Å². The summed E-state index contributed by atoms with van der Waals surface area (Å²) in [5, 5.41) is 9.10. The molecule has 3 rings (SSSR count). The summed E-state index contributed by atoms with van der Waals surface area (Å²) in [5.41, 5.74) is 2.61. The normalized spacial score (nSPS) is 11.0. The SMILES string of the molecule is Cc1cc(Cl)ccc1Nc1nc(Cl)nc2c1cnn2C. The van der Waals surface area contributed by atoms with E-state index in [2.05, 4.69) is 20.4 Å². The van der Waals surface area contributed by atoms with Gasteiger partial charge in [0.2, 0.25) is 5.28 Å². The Bertz CT molecular complexity index is 797. The molecule has 0 radical (unpaired) electrons. The number of aryl methyl sites for hydroxylation is 2. The van der Waals surface area contributed by atoms with E-state index in [-0.39, 0.29) is 5.28 Å². The summed E-state index contributed by atoms with van der Waals surface area (Å²) in [5.74, 6) is 0.624. The number of hydrogen-bond donors (Lipinski definition) is 1. The Kier molecular flexibility index (Phi) is 3.23. The fourth-order valence-electron chi connectivity index (χ4n) is 1.99. The highest BCUT2D eigenvalue weighted by molar-refractivity contribution is 6.30. The van der Waals surface area contributed by atoms with Crippen molar-refractivity contribution in [3.8, 4) is 0 Å². The second kappa shape index (κ2) is 4.92. The van der Waals surface area contributed by atoms with Gasteiger partial charge in [0, 0.05) is 17.8 Å². The topological polar surface area (TPSA) is 55.6 Å². The zero-order chi connectivity index (χ0) is 14.3. The molecule has 20 heavy (non-hydrogen) atoms. The summed E-state index contributed by atoms with van der Waals surface area (Å²) in [7, 11) is 1.81. The van der Waals surface area contributed by atoms with Crippen molar-refractivity contribution < 1.29 is 0 Å². The van der Waals surface area contributed by atoms with E-state index < -0.39 is 0 Å². The van der Waals surface area contributed by atoms with Crippen molar-refractivity contribution in [3.05, 3.63) is 40.3 Å². The monoisotopic (exact) mass is 307 g/mol. The van der Waals surface area contributed by atoms with Gasteiger partial charge in [-0.3, -0.25) is 4.68 Å². The van der Waals surface area contributed by atoms with Crippen LogP contribution in [0.15, 0.2) is 24.4 Å². The molecule has 0 aliphatic carbocycles. The lowest BCUT2D eigenvalue weighted by atomic mass is 10.2. The predicted octanol–water partition coefficient (Wildman–Crippen LogP) is 3.72. The van der Waals surface area contributed by atoms with E-state index >= 15 is 0 Å². The first-order valence-electron chi connectivity index (χ1n) is 5.93. The van der Waals surface area contributed by atoms with E-state index in [4.69, 9.17) is 23.2 Å². The predicted molar refractivity (Wildman–Crippen MR) is 80.8 cm³/mol. The Hall–Kier alpha value is -1.85. The van der Waals surface area contributed by atoms with Gasteiger partial charge in [0.1, 0.15) is 5.82 Å². The van der Waals surface area contributed by atoms with Gasteiger partial charge in [0.25, 0.3) is 0 Å². The largest absolute Gasteiger partial charge is 0.339 e. The number of benzene rings is 1. The molecular formula is C13H11Cl2N5. The van der Waals surface area contributed by atoms with Crippen molar-refractivity contribution in [2.45, 2.75) is 6.92 Å². The summed E-state index contributed by atoms with van der Waals surface area (Å²) < 4.78 is 1.66. The second-order valence-electron chi connectivity index (χ2n) is 4.43. The molecule has 0 saturated heterocycles. The number of nitrogens with zero attached hydrogens (tertiary/aromatic N) is 4. The van der Waals surface area contributed by atoms with Crippen LogP contribution in [0.3, 0.4) is 0 Å². The van der Waals surface area contributed by atoms with Gasteiger partial charge in [-0.25, -0.2) is 0 Å². The summed E-state index contributed by atoms with van der Waals surface area (Å²) in [6, 6.07) is 5.60. The molecule has 0 fully saturated rings. The van der Waals surface area contributed by atoms with Crippen LogP contribution < -0.4 is 5.32 Å². The molecule has 2 aromatic heterocycles. The van der Waals surface area contributed by atoms with Crippen LogP contribution >= 0.6 is 23.2 Å². The molecule has 0 saturated carbocycles. The molecular weight excluding hydrogens is 297 g/mol. The lowest BCUT2D eigenvalue weighted by Crippen LogP contribution is -1.99. The van der Waals surface area contributed by atoms with Gasteiger partial charge in [-0.05, 0) is 42.3 Å². The number of fused-ring (bicyclic) bond motifs is 1. The molecule has 1 aromatic carbocycles. The van der Waals surface area contributed by atoms with Crippen molar-refractivity contribution >= 4 is 45.7 Å². The summed E-state index contributed by atoms with van der Waals surface area (Å²) in [6.45, 7) is 1.97. The average Bonchev–Trinajstić information content (AvgIpc) is 2.75. The Balaban J connectivity index is 2.10. The van der Waals surface area contributed by atoms with Crippen molar-refractivity contribution in [3.63, 3.8) is 0 Å². The van der Waals surface area contributed by atoms with Crippen LogP contribution in [-0.4, -0.2) is 19.7 Å². The van der Waals surface area contributed by atoms with Crippen LogP contribution in [0, 0.1) is 6.92 Å². The average molecular weight is 308 g/mol. The number of rotatable bonds is 2. The van der Waals surface area contributed by atoms with Crippen LogP contribution in [0.5, 0.6) is 0 Å². The smallest absolute Gasteiger partial charge is 0.226 e.